The van der Waals surface area contributed by atoms with Crippen molar-refractivity contribution in [2.24, 2.45) is 5.92 Å². The summed E-state index contributed by atoms with van der Waals surface area (Å²) in [5.41, 5.74) is 0. The summed E-state index contributed by atoms with van der Waals surface area (Å²) in [5.74, 6) is 0.290. The summed E-state index contributed by atoms with van der Waals surface area (Å²) in [6.45, 7) is 3.89. The van der Waals surface area contributed by atoms with Crippen molar-refractivity contribution in [2.75, 3.05) is 19.8 Å². The number of unbranched alkanes of at least 4 members (excludes halogenated alkanes) is 1. The highest BCUT2D eigenvalue weighted by Crippen LogP contribution is 2.43. The van der Waals surface area contributed by atoms with Crippen LogP contribution in [0.25, 0.3) is 0 Å². The molecule has 0 aromatic heterocycles. The number of aliphatic hydroxyl groups is 1. The fourth-order valence-electron chi connectivity index (χ4n) is 1.29. The smallest absolute Gasteiger partial charge is 0.394 e. The molecule has 0 spiro atoms. The molecule has 0 radical (unpaired) electrons. The lowest BCUT2D eigenvalue weighted by atomic mass is 10.0. The number of aliphatic hydroxyl groups excluding tert-OH is 1. The fraction of sp³-hybridized carbons (Fsp3) is 1.00. The van der Waals surface area contributed by atoms with E-state index in [9.17, 15) is 9.46 Å². The third-order valence-electron chi connectivity index (χ3n) is 2.36. The van der Waals surface area contributed by atoms with Crippen LogP contribution in [0.1, 0.15) is 39.5 Å². The normalized spacial score (nSPS) is 17.0. The van der Waals surface area contributed by atoms with Gasteiger partial charge in [-0.15, -0.1) is 0 Å². The first-order valence-corrected chi connectivity index (χ1v) is 7.28. The van der Waals surface area contributed by atoms with Crippen LogP contribution < -0.4 is 0 Å². The van der Waals surface area contributed by atoms with Crippen LogP contribution in [0.3, 0.4) is 0 Å². The van der Waals surface area contributed by atoms with Gasteiger partial charge in [0.2, 0.25) is 0 Å². The second-order valence-corrected chi connectivity index (χ2v) is 5.19. The Kier molecular flexibility index (Phi) is 9.18. The van der Waals surface area contributed by atoms with Gasteiger partial charge in [-0.05, 0) is 12.3 Å². The molecular formula is C10H23O5P. The van der Waals surface area contributed by atoms with Crippen molar-refractivity contribution in [2.45, 2.75) is 39.5 Å². The van der Waals surface area contributed by atoms with Crippen molar-refractivity contribution in [3.63, 3.8) is 0 Å². The lowest BCUT2D eigenvalue weighted by Crippen LogP contribution is -2.09. The molecule has 0 heterocycles. The molecule has 98 valence electrons. The molecule has 0 aliphatic carbocycles. The van der Waals surface area contributed by atoms with Gasteiger partial charge < -0.3 is 10.00 Å². The zero-order valence-corrected chi connectivity index (χ0v) is 11.0. The van der Waals surface area contributed by atoms with Crippen LogP contribution in [0.4, 0.5) is 0 Å². The fourth-order valence-corrected chi connectivity index (χ4v) is 2.08. The minimum atomic E-state index is -3.97. The lowest BCUT2D eigenvalue weighted by Gasteiger charge is -2.17. The van der Waals surface area contributed by atoms with E-state index in [-0.39, 0.29) is 25.7 Å². The first-order chi connectivity index (χ1) is 7.55. The summed E-state index contributed by atoms with van der Waals surface area (Å²) >= 11 is 0. The lowest BCUT2D eigenvalue weighted by molar-refractivity contribution is 0.108. The number of hydrogen-bond donors (Lipinski definition) is 2. The van der Waals surface area contributed by atoms with Gasteiger partial charge in [-0.2, -0.15) is 0 Å². The Bertz CT molecular complexity index is 209. The van der Waals surface area contributed by atoms with E-state index >= 15 is 0 Å². The minimum Gasteiger partial charge on any atom is -0.394 e. The zero-order chi connectivity index (χ0) is 12.4. The molecule has 0 aromatic rings. The van der Waals surface area contributed by atoms with E-state index in [1.165, 1.54) is 0 Å². The Morgan fingerprint density at radius 3 is 2.50 bits per heavy atom. The first-order valence-electron chi connectivity index (χ1n) is 5.78. The Hall–Kier alpha value is 0.0700. The van der Waals surface area contributed by atoms with Crippen LogP contribution in [0, 0.1) is 5.92 Å². The van der Waals surface area contributed by atoms with Gasteiger partial charge in [0, 0.05) is 0 Å². The predicted octanol–water partition coefficient (Wildman–Crippen LogP) is 2.33. The van der Waals surface area contributed by atoms with Gasteiger partial charge in [0.25, 0.3) is 0 Å². The van der Waals surface area contributed by atoms with E-state index in [4.69, 9.17) is 9.63 Å². The molecule has 0 saturated carbocycles. The first kappa shape index (κ1) is 16.1. The quantitative estimate of drug-likeness (QED) is 0.585. The summed E-state index contributed by atoms with van der Waals surface area (Å²) < 4.78 is 20.6. The minimum absolute atomic E-state index is 0.181. The molecule has 16 heavy (non-hydrogen) atoms. The van der Waals surface area contributed by atoms with Gasteiger partial charge in [-0.1, -0.05) is 33.1 Å². The van der Waals surface area contributed by atoms with Gasteiger partial charge in [-0.25, -0.2) is 4.57 Å². The number of rotatable bonds is 10. The van der Waals surface area contributed by atoms with Gasteiger partial charge >= 0.3 is 7.82 Å². The van der Waals surface area contributed by atoms with E-state index < -0.39 is 7.82 Å². The van der Waals surface area contributed by atoms with Crippen LogP contribution in [0.5, 0.6) is 0 Å². The highest BCUT2D eigenvalue weighted by atomic mass is 31.2. The number of hydrogen-bond acceptors (Lipinski definition) is 4. The summed E-state index contributed by atoms with van der Waals surface area (Å²) in [4.78, 5) is 9.22. The van der Waals surface area contributed by atoms with E-state index in [0.717, 1.165) is 25.7 Å². The maximum absolute atomic E-state index is 11.3. The molecule has 5 nitrogen and oxygen atoms in total. The molecule has 6 heteroatoms. The van der Waals surface area contributed by atoms with Crippen LogP contribution in [-0.2, 0) is 13.6 Å². The monoisotopic (exact) mass is 254 g/mol. The second kappa shape index (κ2) is 9.14. The molecule has 0 rings (SSSR count). The molecule has 0 aromatic carbocycles. The van der Waals surface area contributed by atoms with Crippen LogP contribution >= 0.6 is 7.82 Å². The van der Waals surface area contributed by atoms with Crippen molar-refractivity contribution in [3.8, 4) is 0 Å². The van der Waals surface area contributed by atoms with Gasteiger partial charge in [-0.3, -0.25) is 9.05 Å². The molecular weight excluding hydrogens is 231 g/mol. The van der Waals surface area contributed by atoms with E-state index in [2.05, 4.69) is 11.4 Å². The van der Waals surface area contributed by atoms with Crippen molar-refractivity contribution < 1.29 is 23.6 Å². The van der Waals surface area contributed by atoms with E-state index in [1.54, 1.807) is 0 Å². The average Bonchev–Trinajstić information content (AvgIpc) is 2.27. The van der Waals surface area contributed by atoms with E-state index in [1.807, 2.05) is 6.92 Å². The standard InChI is InChI=1S/C10H23O5P/c1-3-5-6-10(4-2)9-15-16(12,13)14-8-7-11/h10-11H,3-9H2,1-2H3,(H,12,13). The van der Waals surface area contributed by atoms with Gasteiger partial charge in [0.05, 0.1) is 19.8 Å². The van der Waals surface area contributed by atoms with Gasteiger partial charge in [0.1, 0.15) is 0 Å². The van der Waals surface area contributed by atoms with Gasteiger partial charge in [0.15, 0.2) is 0 Å². The topological polar surface area (TPSA) is 76.0 Å². The van der Waals surface area contributed by atoms with Crippen molar-refractivity contribution in [1.29, 1.82) is 0 Å². The summed E-state index contributed by atoms with van der Waals surface area (Å²) in [6, 6.07) is 0. The number of phosphoric ester groups is 1. The highest BCUT2D eigenvalue weighted by Gasteiger charge is 2.22. The van der Waals surface area contributed by atoms with E-state index in [0.29, 0.717) is 0 Å². The zero-order valence-electron chi connectivity index (χ0n) is 10.1. The molecule has 2 unspecified atom stereocenters. The predicted molar refractivity (Wildman–Crippen MR) is 62.1 cm³/mol. The second-order valence-electron chi connectivity index (χ2n) is 3.74. The molecule has 0 aliphatic rings. The van der Waals surface area contributed by atoms with Crippen molar-refractivity contribution in [3.05, 3.63) is 0 Å². The molecule has 0 amide bonds. The molecule has 2 N–H and O–H groups in total. The third kappa shape index (κ3) is 8.25. The average molecular weight is 254 g/mol. The summed E-state index contributed by atoms with van der Waals surface area (Å²) in [6.07, 6.45) is 4.11. The highest BCUT2D eigenvalue weighted by molar-refractivity contribution is 7.47. The Balaban J connectivity index is 3.85. The van der Waals surface area contributed by atoms with Crippen LogP contribution in [0.2, 0.25) is 0 Å². The van der Waals surface area contributed by atoms with Crippen LogP contribution in [0.15, 0.2) is 0 Å². The number of phosphoric acid groups is 1. The maximum atomic E-state index is 11.3. The Morgan fingerprint density at radius 2 is 2.00 bits per heavy atom. The summed E-state index contributed by atoms with van der Waals surface area (Å²) in [7, 11) is -3.97. The molecule has 0 aliphatic heterocycles. The summed E-state index contributed by atoms with van der Waals surface area (Å²) in [5, 5.41) is 8.46. The molecule has 0 bridgehead atoms. The Labute approximate surface area is 97.4 Å². The molecule has 0 saturated heterocycles. The SMILES string of the molecule is CCCCC(CC)COP(=O)(O)OCCO. The third-order valence-corrected chi connectivity index (χ3v) is 3.35. The largest absolute Gasteiger partial charge is 0.472 e. The van der Waals surface area contributed by atoms with Crippen LogP contribution in [-0.4, -0.2) is 29.8 Å². The molecule has 0 fully saturated rings. The van der Waals surface area contributed by atoms with Crippen molar-refractivity contribution in [1.82, 2.24) is 0 Å². The molecule has 2 atom stereocenters. The van der Waals surface area contributed by atoms with Crippen molar-refractivity contribution >= 4 is 7.82 Å². The Morgan fingerprint density at radius 1 is 1.31 bits per heavy atom. The maximum Gasteiger partial charge on any atom is 0.472 e.